The van der Waals surface area contributed by atoms with Crippen LogP contribution in [-0.2, 0) is 25.7 Å². The van der Waals surface area contributed by atoms with E-state index in [1.807, 2.05) is 0 Å². The van der Waals surface area contributed by atoms with Gasteiger partial charge in [0, 0.05) is 107 Å². The van der Waals surface area contributed by atoms with E-state index >= 15 is 0 Å². The van der Waals surface area contributed by atoms with Crippen LogP contribution in [0.5, 0.6) is 0 Å². The monoisotopic (exact) mass is 627 g/mol. The zero-order chi connectivity index (χ0) is 30.8. The molecule has 8 atom stereocenters. The van der Waals surface area contributed by atoms with Crippen LogP contribution in [-0.4, -0.2) is 15.0 Å². The zero-order valence-corrected chi connectivity index (χ0v) is 27.9. The maximum atomic E-state index is 4.25. The highest BCUT2D eigenvalue weighted by atomic mass is 14.8. The Morgan fingerprint density at radius 1 is 0.292 bits per heavy atom. The Labute approximate surface area is 283 Å². The topological polar surface area (TPSA) is 47.4 Å². The molecular weight excluding hydrogens is 583 g/mol. The van der Waals surface area contributed by atoms with E-state index in [1.54, 1.807) is 67.1 Å². The Kier molecular flexibility index (Phi) is 4.96. The van der Waals surface area contributed by atoms with E-state index in [1.165, 1.54) is 80.6 Å². The lowest BCUT2D eigenvalue weighted by molar-refractivity contribution is 0.480. The van der Waals surface area contributed by atoms with Crippen molar-refractivity contribution in [2.45, 2.75) is 119 Å². The molecule has 3 nitrogen and oxygen atoms in total. The van der Waals surface area contributed by atoms with Crippen LogP contribution in [0.2, 0.25) is 0 Å². The lowest BCUT2D eigenvalue weighted by Gasteiger charge is -2.36. The highest BCUT2D eigenvalue weighted by Gasteiger charge is 2.43. The number of allylic oxidation sites excluding steroid dienone is 12. The Bertz CT molecular complexity index is 2030. The van der Waals surface area contributed by atoms with Gasteiger partial charge in [0.2, 0.25) is 0 Å². The van der Waals surface area contributed by atoms with Crippen LogP contribution in [0.4, 0.5) is 0 Å². The largest absolute Gasteiger partial charge is 0.361 e. The van der Waals surface area contributed by atoms with Gasteiger partial charge in [-0.3, -0.25) is 0 Å². The molecule has 16 bridgehead atoms. The fourth-order valence-corrected chi connectivity index (χ4v) is 13.4. The van der Waals surface area contributed by atoms with Gasteiger partial charge >= 0.3 is 0 Å². The highest BCUT2D eigenvalue weighted by Crippen LogP contribution is 2.57. The average Bonchev–Trinajstić information content (AvgIpc) is 3.92. The Morgan fingerprint density at radius 3 is 0.812 bits per heavy atom. The van der Waals surface area contributed by atoms with Crippen molar-refractivity contribution in [2.24, 2.45) is 11.8 Å². The molecule has 3 N–H and O–H groups in total. The summed E-state index contributed by atoms with van der Waals surface area (Å²) in [5, 5.41) is 0. The van der Waals surface area contributed by atoms with Crippen molar-refractivity contribution >= 4 is 0 Å². The van der Waals surface area contributed by atoms with E-state index in [-0.39, 0.29) is 0 Å². The standard InChI is InChI=1S/C45H45N3/c1-2-23-4-3-22(1)38-30-17-31(39(23)38)19-33-41-25-7-11-27(12-8-25)43(41)35(47-33)21-37-45-29-15-13-28(14-16-29)44(45)36(48-37)20-34-42-26-9-5-24(6-10-26)40(42)32(18-30)46-34/h1-2,5,7,9,11,13,15,22-29,46-48H,3-4,6,8,10,12,14,16-21H2. The molecule has 0 aromatic carbocycles. The fraction of sp³-hybridized carbons (Fsp3) is 0.467. The van der Waals surface area contributed by atoms with Crippen LogP contribution < -0.4 is 0 Å². The molecule has 0 radical (unpaired) electrons. The lowest BCUT2D eigenvalue weighted by Crippen LogP contribution is -2.23. The van der Waals surface area contributed by atoms with Crippen LogP contribution in [0, 0.1) is 11.8 Å². The number of hydrogen-bond donors (Lipinski definition) is 3. The molecule has 48 heavy (non-hydrogen) atoms. The second-order valence-electron chi connectivity index (χ2n) is 17.3. The molecule has 0 saturated heterocycles. The van der Waals surface area contributed by atoms with E-state index in [0.29, 0.717) is 47.3 Å². The summed E-state index contributed by atoms with van der Waals surface area (Å²) >= 11 is 0. The number of H-pyrrole nitrogens is 3. The van der Waals surface area contributed by atoms with Crippen molar-refractivity contribution < 1.29 is 0 Å². The van der Waals surface area contributed by atoms with Gasteiger partial charge in [0.25, 0.3) is 0 Å². The van der Waals surface area contributed by atoms with Gasteiger partial charge in [0.15, 0.2) is 0 Å². The van der Waals surface area contributed by atoms with Gasteiger partial charge in [-0.2, -0.15) is 0 Å². The van der Waals surface area contributed by atoms with Crippen LogP contribution in [0.3, 0.4) is 0 Å². The summed E-state index contributed by atoms with van der Waals surface area (Å²) in [5.74, 6) is 4.74. The third-order valence-electron chi connectivity index (χ3n) is 15.1. The molecule has 0 spiro atoms. The first kappa shape index (κ1) is 26.2. The predicted molar refractivity (Wildman–Crippen MR) is 191 cm³/mol. The van der Waals surface area contributed by atoms with Gasteiger partial charge in [0.1, 0.15) is 0 Å². The molecule has 3 aromatic rings. The number of hydrogen-bond acceptors (Lipinski definition) is 0. The summed E-state index contributed by atoms with van der Waals surface area (Å²) in [4.78, 5) is 12.7. The summed E-state index contributed by atoms with van der Waals surface area (Å²) < 4.78 is 0. The molecule has 0 amide bonds. The van der Waals surface area contributed by atoms with Gasteiger partial charge in [-0.05, 0) is 102 Å². The van der Waals surface area contributed by atoms with E-state index in [2.05, 4.69) is 63.6 Å². The Hall–Kier alpha value is -3.72. The highest BCUT2D eigenvalue weighted by molar-refractivity contribution is 5.62. The first-order chi connectivity index (χ1) is 23.7. The predicted octanol–water partition coefficient (Wildman–Crippen LogP) is 10.1. The molecule has 13 aliphatic carbocycles. The lowest BCUT2D eigenvalue weighted by atomic mass is 9.68. The summed E-state index contributed by atoms with van der Waals surface area (Å²) in [6.07, 6.45) is 36.6. The van der Waals surface area contributed by atoms with Gasteiger partial charge in [-0.25, -0.2) is 0 Å². The number of aromatic amines is 3. The number of rotatable bonds is 0. The third kappa shape index (κ3) is 3.28. The maximum absolute atomic E-state index is 4.25. The molecule has 14 aliphatic rings. The molecular formula is C45H45N3. The first-order valence-corrected chi connectivity index (χ1v) is 19.6. The second kappa shape index (κ2) is 9.09. The maximum Gasteiger partial charge on any atom is 0.0284 e. The number of fused-ring (bicyclic) bond motifs is 12. The van der Waals surface area contributed by atoms with Crippen molar-refractivity contribution in [3.8, 4) is 0 Å². The van der Waals surface area contributed by atoms with Gasteiger partial charge < -0.3 is 15.0 Å². The minimum atomic E-state index is 0.573. The number of nitrogens with one attached hydrogen (secondary N) is 3. The Morgan fingerprint density at radius 2 is 0.542 bits per heavy atom. The van der Waals surface area contributed by atoms with Gasteiger partial charge in [0.05, 0.1) is 0 Å². The quantitative estimate of drug-likeness (QED) is 0.208. The minimum absolute atomic E-state index is 0.573. The minimum Gasteiger partial charge on any atom is -0.361 e. The average molecular weight is 628 g/mol. The van der Waals surface area contributed by atoms with Crippen LogP contribution >= 0.6 is 0 Å². The van der Waals surface area contributed by atoms with E-state index in [9.17, 15) is 0 Å². The number of aromatic nitrogens is 3. The van der Waals surface area contributed by atoms with Crippen molar-refractivity contribution in [2.75, 3.05) is 0 Å². The van der Waals surface area contributed by atoms with Crippen LogP contribution in [0.1, 0.15) is 161 Å². The normalized spacial score (nSPS) is 35.2. The van der Waals surface area contributed by atoms with Gasteiger partial charge in [-0.15, -0.1) is 0 Å². The fourth-order valence-electron chi connectivity index (χ4n) is 13.4. The molecule has 17 rings (SSSR count). The molecule has 8 unspecified atom stereocenters. The Balaban J connectivity index is 1.05. The zero-order valence-electron chi connectivity index (χ0n) is 27.9. The van der Waals surface area contributed by atoms with Crippen LogP contribution in [0.15, 0.2) is 70.9 Å². The molecule has 1 fully saturated rings. The van der Waals surface area contributed by atoms with Crippen molar-refractivity contribution in [1.29, 1.82) is 0 Å². The van der Waals surface area contributed by atoms with E-state index in [0.717, 1.165) is 25.7 Å². The summed E-state index contributed by atoms with van der Waals surface area (Å²) in [6, 6.07) is 0. The third-order valence-corrected chi connectivity index (χ3v) is 15.1. The molecule has 3 aromatic heterocycles. The smallest absolute Gasteiger partial charge is 0.0284 e. The molecule has 240 valence electrons. The van der Waals surface area contributed by atoms with Crippen LogP contribution in [0.25, 0.3) is 0 Å². The van der Waals surface area contributed by atoms with Crippen molar-refractivity contribution in [3.63, 3.8) is 0 Å². The first-order valence-electron chi connectivity index (χ1n) is 19.6. The molecule has 1 aliphatic heterocycles. The molecule has 1 saturated carbocycles. The van der Waals surface area contributed by atoms with Crippen molar-refractivity contribution in [3.05, 3.63) is 138 Å². The summed E-state index contributed by atoms with van der Waals surface area (Å²) in [5.41, 5.74) is 26.3. The van der Waals surface area contributed by atoms with Crippen molar-refractivity contribution in [1.82, 2.24) is 15.0 Å². The van der Waals surface area contributed by atoms with E-state index in [4.69, 9.17) is 0 Å². The van der Waals surface area contributed by atoms with Gasteiger partial charge in [-0.1, -0.05) is 59.8 Å². The second-order valence-corrected chi connectivity index (χ2v) is 17.3. The summed E-state index contributed by atoms with van der Waals surface area (Å²) in [6.45, 7) is 0. The summed E-state index contributed by atoms with van der Waals surface area (Å²) in [7, 11) is 0. The SMILES string of the molecule is C1=CC2CCC1C1=C3CC(=C12)Cc1[nH]c(c2c1C1C=CC2CC1)Cc1[nH]c(c2c1C1C=CC2CC1)Cc1[nH]c(c2c1C1C=CC2CC1)C3. The molecule has 4 heterocycles. The molecule has 3 heteroatoms. The van der Waals surface area contributed by atoms with E-state index < -0.39 is 0 Å².